The van der Waals surface area contributed by atoms with Gasteiger partial charge >= 0.3 is 0 Å². The molecule has 1 aliphatic heterocycles. The van der Waals surface area contributed by atoms with E-state index < -0.39 is 17.2 Å². The number of ether oxygens (including phenoxy) is 2. The summed E-state index contributed by atoms with van der Waals surface area (Å²) in [5, 5.41) is 3.39. The van der Waals surface area contributed by atoms with Gasteiger partial charge in [-0.2, -0.15) is 0 Å². The molecule has 38 heavy (non-hydrogen) atoms. The number of amidine groups is 1. The minimum absolute atomic E-state index is 0.0623. The number of nitrogens with zero attached hydrogens (tertiary/aromatic N) is 5. The summed E-state index contributed by atoms with van der Waals surface area (Å²) in [5.41, 5.74) is 6.39. The molecule has 0 amide bonds. The minimum Gasteiger partial charge on any atom is -0.467 e. The number of oxazole rings is 1. The number of aliphatic imine (C=N–C) groups is 1. The maximum Gasteiger partial charge on any atom is 0.233 e. The van der Waals surface area contributed by atoms with Crippen LogP contribution in [-0.2, 0) is 16.9 Å². The lowest BCUT2D eigenvalue weighted by molar-refractivity contribution is 0.184. The summed E-state index contributed by atoms with van der Waals surface area (Å²) >= 11 is 1.43. The van der Waals surface area contributed by atoms with Gasteiger partial charge in [0.2, 0.25) is 11.8 Å². The first-order valence-electron chi connectivity index (χ1n) is 11.7. The van der Waals surface area contributed by atoms with E-state index in [1.807, 2.05) is 0 Å². The van der Waals surface area contributed by atoms with Crippen molar-refractivity contribution in [3.63, 3.8) is 0 Å². The van der Waals surface area contributed by atoms with Crippen LogP contribution in [0.5, 0.6) is 5.88 Å². The van der Waals surface area contributed by atoms with Gasteiger partial charge < -0.3 is 24.9 Å². The van der Waals surface area contributed by atoms with Crippen molar-refractivity contribution < 1.29 is 22.7 Å². The molecule has 2 aliphatic rings. The molecule has 1 fully saturated rings. The van der Waals surface area contributed by atoms with Crippen LogP contribution in [0.4, 0.5) is 20.3 Å². The monoisotopic (exact) mass is 539 g/mol. The molecule has 4 aromatic rings. The Kier molecular flexibility index (Phi) is 5.91. The molecule has 3 atom stereocenters. The normalized spacial score (nSPS) is 24.1. The number of aromatic nitrogens is 4. The Morgan fingerprint density at radius 2 is 2.11 bits per heavy atom. The number of hydrogen-bond acceptors (Lipinski definition) is 11. The van der Waals surface area contributed by atoms with E-state index in [0.717, 1.165) is 12.5 Å². The Morgan fingerprint density at radius 1 is 1.24 bits per heavy atom. The van der Waals surface area contributed by atoms with Gasteiger partial charge in [-0.05, 0) is 25.5 Å². The quantitative estimate of drug-likeness (QED) is 0.334. The molecule has 1 saturated carbocycles. The van der Waals surface area contributed by atoms with Crippen molar-refractivity contribution in [1.82, 2.24) is 19.9 Å². The van der Waals surface area contributed by atoms with E-state index in [2.05, 4.69) is 30.2 Å². The first-order valence-corrected chi connectivity index (χ1v) is 12.6. The molecule has 1 aliphatic carbocycles. The molecular weight excluding hydrogens is 516 g/mol. The molecule has 0 saturated heterocycles. The molecule has 0 bridgehead atoms. The fourth-order valence-electron chi connectivity index (χ4n) is 5.05. The van der Waals surface area contributed by atoms with E-state index in [9.17, 15) is 4.39 Å². The average molecular weight is 540 g/mol. The van der Waals surface area contributed by atoms with Gasteiger partial charge in [0.15, 0.2) is 29.2 Å². The largest absolute Gasteiger partial charge is 0.467 e. The predicted molar refractivity (Wildman–Crippen MR) is 137 cm³/mol. The molecule has 0 spiro atoms. The minimum atomic E-state index is -1.06. The second-order valence-corrected chi connectivity index (χ2v) is 10.8. The molecule has 0 radical (unpaired) electrons. The third-order valence-corrected chi connectivity index (χ3v) is 8.12. The van der Waals surface area contributed by atoms with Crippen LogP contribution in [0.3, 0.4) is 0 Å². The Bertz CT molecular complexity index is 1550. The van der Waals surface area contributed by atoms with Crippen LogP contribution < -0.4 is 15.8 Å². The number of rotatable bonds is 8. The maximum absolute atomic E-state index is 15.2. The van der Waals surface area contributed by atoms with Gasteiger partial charge in [0, 0.05) is 36.5 Å². The number of thioether (sulfide) groups is 1. The summed E-state index contributed by atoms with van der Waals surface area (Å²) in [5.74, 6) is -1.04. The lowest BCUT2D eigenvalue weighted by Gasteiger charge is -2.34. The third kappa shape index (κ3) is 4.21. The van der Waals surface area contributed by atoms with Crippen LogP contribution in [0, 0.1) is 17.6 Å². The molecule has 10 nitrogen and oxygen atoms in total. The summed E-state index contributed by atoms with van der Waals surface area (Å²) in [7, 11) is 1.61. The predicted octanol–water partition coefficient (Wildman–Crippen LogP) is 4.30. The Balaban J connectivity index is 1.31. The van der Waals surface area contributed by atoms with E-state index in [0.29, 0.717) is 34.5 Å². The Morgan fingerprint density at radius 3 is 2.89 bits per heavy atom. The van der Waals surface area contributed by atoms with E-state index in [1.165, 1.54) is 36.6 Å². The SMILES string of the molecule is COC[C@]12C[C@H]1[C@@](C)(c1cc(Nc3nccc4nc(OCc5ncco5)cnc34)cc(F)c1F)N=C(N)S2. The van der Waals surface area contributed by atoms with Gasteiger partial charge in [0.1, 0.15) is 11.8 Å². The highest BCUT2D eigenvalue weighted by atomic mass is 32.2. The highest BCUT2D eigenvalue weighted by molar-refractivity contribution is 8.15. The summed E-state index contributed by atoms with van der Waals surface area (Å²) in [4.78, 5) is 21.8. The number of nitrogens with two attached hydrogens (primary N) is 1. The van der Waals surface area contributed by atoms with Gasteiger partial charge in [-0.1, -0.05) is 11.8 Å². The Labute approximate surface area is 220 Å². The molecular formula is C25H23F2N7O3S. The second kappa shape index (κ2) is 9.17. The van der Waals surface area contributed by atoms with Crippen molar-refractivity contribution in [2.75, 3.05) is 19.0 Å². The zero-order valence-electron chi connectivity index (χ0n) is 20.4. The van der Waals surface area contributed by atoms with Crippen molar-refractivity contribution in [2.24, 2.45) is 16.6 Å². The summed E-state index contributed by atoms with van der Waals surface area (Å²) in [6.07, 6.45) is 6.68. The van der Waals surface area contributed by atoms with Crippen LogP contribution in [-0.4, -0.2) is 43.6 Å². The summed E-state index contributed by atoms with van der Waals surface area (Å²) in [6, 6.07) is 4.29. The smallest absolute Gasteiger partial charge is 0.233 e. The van der Waals surface area contributed by atoms with Gasteiger partial charge in [0.05, 0.1) is 34.8 Å². The molecule has 4 heterocycles. The number of anilines is 2. The number of hydrogen-bond donors (Lipinski definition) is 2. The molecule has 3 aromatic heterocycles. The maximum atomic E-state index is 15.2. The fourth-order valence-corrected chi connectivity index (χ4v) is 6.50. The van der Waals surface area contributed by atoms with Crippen molar-refractivity contribution >= 4 is 39.5 Å². The van der Waals surface area contributed by atoms with Crippen LogP contribution in [0.1, 0.15) is 24.8 Å². The van der Waals surface area contributed by atoms with Crippen LogP contribution in [0.25, 0.3) is 11.0 Å². The van der Waals surface area contributed by atoms with Gasteiger partial charge in [-0.3, -0.25) is 4.99 Å². The zero-order valence-corrected chi connectivity index (χ0v) is 21.3. The van der Waals surface area contributed by atoms with Crippen molar-refractivity contribution in [1.29, 1.82) is 0 Å². The molecule has 1 aromatic carbocycles. The highest BCUT2D eigenvalue weighted by Gasteiger charge is 2.66. The van der Waals surface area contributed by atoms with Gasteiger partial charge in [-0.15, -0.1) is 0 Å². The number of halogens is 2. The zero-order chi connectivity index (χ0) is 26.5. The Hall–Kier alpha value is -3.84. The molecule has 3 N–H and O–H groups in total. The summed E-state index contributed by atoms with van der Waals surface area (Å²) in [6.45, 7) is 2.32. The first kappa shape index (κ1) is 24.5. The highest BCUT2D eigenvalue weighted by Crippen LogP contribution is 2.66. The van der Waals surface area contributed by atoms with E-state index in [-0.39, 0.29) is 34.4 Å². The standard InChI is InChI=1S/C25H23F2N7O3S/c1-24(17-9-25(17,12-35-2)38-23(28)34-24)14-7-13(8-15(26)20(14)27)32-22-21-16(3-4-30-22)33-18(10-31-21)37-11-19-29-5-6-36-19/h3-8,10,17H,9,11-12H2,1-2H3,(H2,28,34)(H,30,32)/t17-,24+,25+/m0/s1. The van der Waals surface area contributed by atoms with Crippen molar-refractivity contribution in [2.45, 2.75) is 30.2 Å². The average Bonchev–Trinajstić information content (AvgIpc) is 3.36. The number of benzene rings is 1. The van der Waals surface area contributed by atoms with Crippen molar-refractivity contribution in [3.05, 3.63) is 66.1 Å². The van der Waals surface area contributed by atoms with E-state index in [1.54, 1.807) is 26.2 Å². The molecule has 13 heteroatoms. The lowest BCUT2D eigenvalue weighted by atomic mass is 9.85. The number of methoxy groups -OCH3 is 1. The van der Waals surface area contributed by atoms with Crippen LogP contribution >= 0.6 is 11.8 Å². The number of pyridine rings is 1. The third-order valence-electron chi connectivity index (χ3n) is 6.84. The van der Waals surface area contributed by atoms with E-state index in [4.69, 9.17) is 19.6 Å². The second-order valence-electron chi connectivity index (χ2n) is 9.35. The number of fused-ring (bicyclic) bond motifs is 2. The fraction of sp³-hybridized carbons (Fsp3) is 0.320. The summed E-state index contributed by atoms with van der Waals surface area (Å²) < 4.78 is 46.0. The van der Waals surface area contributed by atoms with Crippen LogP contribution in [0.2, 0.25) is 0 Å². The molecule has 6 rings (SSSR count). The lowest BCUT2D eigenvalue weighted by Crippen LogP contribution is -2.37. The van der Waals surface area contributed by atoms with Crippen LogP contribution in [0.15, 0.2) is 52.5 Å². The molecule has 0 unspecified atom stereocenters. The van der Waals surface area contributed by atoms with Crippen molar-refractivity contribution in [3.8, 4) is 5.88 Å². The number of nitrogens with one attached hydrogen (secondary N) is 1. The topological polar surface area (TPSA) is 134 Å². The van der Waals surface area contributed by atoms with Gasteiger partial charge in [-0.25, -0.2) is 28.7 Å². The molecule has 196 valence electrons. The van der Waals surface area contributed by atoms with Gasteiger partial charge in [0.25, 0.3) is 0 Å². The van der Waals surface area contributed by atoms with E-state index >= 15 is 4.39 Å². The first-order chi connectivity index (χ1) is 18.3.